The number of benzene rings is 2. The van der Waals surface area contributed by atoms with E-state index in [1.54, 1.807) is 6.21 Å². The molecule has 0 bridgehead atoms. The molecule has 23 heavy (non-hydrogen) atoms. The van der Waals surface area contributed by atoms with Crippen LogP contribution in [0.5, 0.6) is 5.75 Å². The second-order valence-electron chi connectivity index (χ2n) is 4.69. The quantitative estimate of drug-likeness (QED) is 0.503. The van der Waals surface area contributed by atoms with Crippen LogP contribution in [0.4, 0.5) is 5.69 Å². The van der Waals surface area contributed by atoms with Crippen LogP contribution in [0.3, 0.4) is 0 Å². The Morgan fingerprint density at radius 1 is 1.26 bits per heavy atom. The van der Waals surface area contributed by atoms with Gasteiger partial charge < -0.3 is 4.74 Å². The molecule has 0 heterocycles. The lowest BCUT2D eigenvalue weighted by molar-refractivity contribution is -0.384. The molecule has 7 nitrogen and oxygen atoms in total. The zero-order chi connectivity index (χ0) is 16.7. The monoisotopic (exact) mass is 313 g/mol. The Labute approximate surface area is 132 Å². The molecule has 0 saturated carbocycles. The number of aryl methyl sites for hydroxylation is 1. The van der Waals surface area contributed by atoms with E-state index in [0.29, 0.717) is 5.75 Å². The maximum atomic E-state index is 11.6. The number of hydrogen-bond donors (Lipinski definition) is 1. The molecule has 2 aromatic carbocycles. The number of hydrazone groups is 1. The molecule has 1 N–H and O–H groups in total. The third-order valence-corrected chi connectivity index (χ3v) is 3.00. The summed E-state index contributed by atoms with van der Waals surface area (Å²) < 4.78 is 5.22. The first-order valence-corrected chi connectivity index (χ1v) is 6.81. The van der Waals surface area contributed by atoms with E-state index in [-0.39, 0.29) is 12.3 Å². The van der Waals surface area contributed by atoms with Crippen LogP contribution in [0.1, 0.15) is 11.1 Å². The van der Waals surface area contributed by atoms with Gasteiger partial charge in [-0.2, -0.15) is 5.10 Å². The second-order valence-corrected chi connectivity index (χ2v) is 4.69. The molecule has 0 radical (unpaired) electrons. The van der Waals surface area contributed by atoms with E-state index >= 15 is 0 Å². The molecule has 0 fully saturated rings. The number of ether oxygens (including phenoxy) is 1. The largest absolute Gasteiger partial charge is 0.484 e. The smallest absolute Gasteiger partial charge is 0.277 e. The first-order valence-electron chi connectivity index (χ1n) is 6.81. The number of carbonyl (C=O) groups excluding carboxylic acids is 1. The molecule has 0 saturated heterocycles. The van der Waals surface area contributed by atoms with Crippen molar-refractivity contribution in [2.24, 2.45) is 5.10 Å². The highest BCUT2D eigenvalue weighted by molar-refractivity contribution is 5.84. The summed E-state index contributed by atoms with van der Waals surface area (Å²) in [7, 11) is 0. The van der Waals surface area contributed by atoms with E-state index in [4.69, 9.17) is 4.74 Å². The first kappa shape index (κ1) is 16.2. The molecule has 118 valence electrons. The number of nitrogens with one attached hydrogen (secondary N) is 1. The molecule has 7 heteroatoms. The predicted octanol–water partition coefficient (Wildman–Crippen LogP) is 2.43. The van der Waals surface area contributed by atoms with E-state index in [0.717, 1.165) is 11.1 Å². The van der Waals surface area contributed by atoms with Crippen LogP contribution >= 0.6 is 0 Å². The van der Waals surface area contributed by atoms with Crippen molar-refractivity contribution in [1.82, 2.24) is 5.43 Å². The van der Waals surface area contributed by atoms with Crippen LogP contribution in [-0.2, 0) is 4.79 Å². The summed E-state index contributed by atoms with van der Waals surface area (Å²) >= 11 is 0. The van der Waals surface area contributed by atoms with Gasteiger partial charge in [-0.1, -0.05) is 24.3 Å². The SMILES string of the molecule is Cc1ccccc1/C=N/NC(=O)COc1ccc([N+](=O)[O-])cc1. The molecule has 0 spiro atoms. The van der Waals surface area contributed by atoms with E-state index in [1.165, 1.54) is 24.3 Å². The molecule has 1 amide bonds. The van der Waals surface area contributed by atoms with Crippen molar-refractivity contribution in [2.45, 2.75) is 6.92 Å². The van der Waals surface area contributed by atoms with E-state index in [1.807, 2.05) is 31.2 Å². The van der Waals surface area contributed by atoms with Crippen molar-refractivity contribution in [1.29, 1.82) is 0 Å². The summed E-state index contributed by atoms with van der Waals surface area (Å²) in [6.07, 6.45) is 1.55. The maximum Gasteiger partial charge on any atom is 0.277 e. The summed E-state index contributed by atoms with van der Waals surface area (Å²) in [6, 6.07) is 13.1. The number of nitro benzene ring substituents is 1. The van der Waals surface area contributed by atoms with Crippen LogP contribution in [0.2, 0.25) is 0 Å². The third-order valence-electron chi connectivity index (χ3n) is 3.00. The van der Waals surface area contributed by atoms with Gasteiger partial charge in [-0.25, -0.2) is 5.43 Å². The molecular weight excluding hydrogens is 298 g/mol. The number of amides is 1. The Morgan fingerprint density at radius 2 is 1.96 bits per heavy atom. The summed E-state index contributed by atoms with van der Waals surface area (Å²) in [6.45, 7) is 1.71. The van der Waals surface area contributed by atoms with E-state index in [2.05, 4.69) is 10.5 Å². The number of non-ortho nitro benzene ring substituents is 1. The minimum Gasteiger partial charge on any atom is -0.484 e. The first-order chi connectivity index (χ1) is 11.1. The molecule has 2 aromatic rings. The average molecular weight is 313 g/mol. The fourth-order valence-electron chi connectivity index (χ4n) is 1.75. The Balaban J connectivity index is 1.81. The van der Waals surface area contributed by atoms with Gasteiger partial charge in [-0.15, -0.1) is 0 Å². The Bertz CT molecular complexity index is 726. The van der Waals surface area contributed by atoms with Gasteiger partial charge >= 0.3 is 0 Å². The van der Waals surface area contributed by atoms with Crippen molar-refractivity contribution in [3.05, 3.63) is 69.8 Å². The van der Waals surface area contributed by atoms with Gasteiger partial charge in [-0.3, -0.25) is 14.9 Å². The number of hydrogen-bond acceptors (Lipinski definition) is 5. The number of nitro groups is 1. The Kier molecular flexibility index (Phi) is 5.40. The van der Waals surface area contributed by atoms with Crippen molar-refractivity contribution in [3.8, 4) is 5.75 Å². The number of nitrogens with zero attached hydrogens (tertiary/aromatic N) is 2. The Hall–Kier alpha value is -3.22. The fraction of sp³-hybridized carbons (Fsp3) is 0.125. The van der Waals surface area contributed by atoms with Crippen LogP contribution in [-0.4, -0.2) is 23.7 Å². The van der Waals surface area contributed by atoms with Gasteiger partial charge in [0.15, 0.2) is 6.61 Å². The highest BCUT2D eigenvalue weighted by Crippen LogP contribution is 2.16. The fourth-order valence-corrected chi connectivity index (χ4v) is 1.75. The van der Waals surface area contributed by atoms with Gasteiger partial charge in [0.2, 0.25) is 0 Å². The molecule has 0 aliphatic rings. The average Bonchev–Trinajstić information content (AvgIpc) is 2.55. The standard InChI is InChI=1S/C16H15N3O4/c1-12-4-2-3-5-13(12)10-17-18-16(20)11-23-15-8-6-14(7-9-15)19(21)22/h2-10H,11H2,1H3,(H,18,20)/b17-10+. The normalized spacial score (nSPS) is 10.5. The summed E-state index contributed by atoms with van der Waals surface area (Å²) in [4.78, 5) is 21.6. The summed E-state index contributed by atoms with van der Waals surface area (Å²) in [5.41, 5.74) is 4.27. The minimum absolute atomic E-state index is 0.0374. The molecule has 0 atom stereocenters. The Morgan fingerprint density at radius 3 is 2.61 bits per heavy atom. The lowest BCUT2D eigenvalue weighted by atomic mass is 10.1. The van der Waals surface area contributed by atoms with Crippen molar-refractivity contribution < 1.29 is 14.5 Å². The van der Waals surface area contributed by atoms with Crippen molar-refractivity contribution >= 4 is 17.8 Å². The topological polar surface area (TPSA) is 93.8 Å². The van der Waals surface area contributed by atoms with Gasteiger partial charge in [0.05, 0.1) is 11.1 Å². The molecule has 0 unspecified atom stereocenters. The molecule has 0 aliphatic heterocycles. The molecule has 0 aromatic heterocycles. The van der Waals surface area contributed by atoms with E-state index in [9.17, 15) is 14.9 Å². The highest BCUT2D eigenvalue weighted by Gasteiger charge is 2.06. The third kappa shape index (κ3) is 4.92. The second kappa shape index (κ2) is 7.69. The number of carbonyl (C=O) groups is 1. The summed E-state index contributed by atoms with van der Waals surface area (Å²) in [5, 5.41) is 14.4. The molecular formula is C16H15N3O4. The van der Waals surface area contributed by atoms with Gasteiger partial charge in [-0.05, 0) is 30.2 Å². The lowest BCUT2D eigenvalue weighted by Crippen LogP contribution is -2.24. The van der Waals surface area contributed by atoms with Crippen LogP contribution in [0, 0.1) is 17.0 Å². The van der Waals surface area contributed by atoms with Gasteiger partial charge in [0.25, 0.3) is 11.6 Å². The van der Waals surface area contributed by atoms with Crippen molar-refractivity contribution in [2.75, 3.05) is 6.61 Å². The van der Waals surface area contributed by atoms with E-state index < -0.39 is 10.8 Å². The van der Waals surface area contributed by atoms with Crippen molar-refractivity contribution in [3.63, 3.8) is 0 Å². The minimum atomic E-state index is -0.503. The van der Waals surface area contributed by atoms with Gasteiger partial charge in [0, 0.05) is 12.1 Å². The zero-order valence-corrected chi connectivity index (χ0v) is 12.4. The van der Waals surface area contributed by atoms with Crippen LogP contribution in [0.15, 0.2) is 53.6 Å². The highest BCUT2D eigenvalue weighted by atomic mass is 16.6. The summed E-state index contributed by atoms with van der Waals surface area (Å²) in [5.74, 6) is -0.0539. The van der Waals surface area contributed by atoms with Crippen LogP contribution in [0.25, 0.3) is 0 Å². The van der Waals surface area contributed by atoms with Gasteiger partial charge in [0.1, 0.15) is 5.75 Å². The molecule has 0 aliphatic carbocycles. The van der Waals surface area contributed by atoms with Crippen LogP contribution < -0.4 is 10.2 Å². The maximum absolute atomic E-state index is 11.6. The number of rotatable bonds is 6. The zero-order valence-electron chi connectivity index (χ0n) is 12.4. The lowest BCUT2D eigenvalue weighted by Gasteiger charge is -2.04. The molecule has 2 rings (SSSR count). The predicted molar refractivity (Wildman–Crippen MR) is 85.5 cm³/mol.